The van der Waals surface area contributed by atoms with Crippen LogP contribution in [0.2, 0.25) is 0 Å². The van der Waals surface area contributed by atoms with Gasteiger partial charge in [0.25, 0.3) is 11.8 Å². The molecular formula is C22H20N2O5. The second-order valence-corrected chi connectivity index (χ2v) is 6.95. The van der Waals surface area contributed by atoms with E-state index in [2.05, 4.69) is 5.32 Å². The van der Waals surface area contributed by atoms with Gasteiger partial charge in [-0.05, 0) is 49.2 Å². The van der Waals surface area contributed by atoms with E-state index in [9.17, 15) is 14.4 Å². The van der Waals surface area contributed by atoms with E-state index in [4.69, 9.17) is 9.15 Å². The molecule has 3 aromatic rings. The van der Waals surface area contributed by atoms with Crippen LogP contribution in [-0.4, -0.2) is 25.0 Å². The number of fused-ring (bicyclic) bond motifs is 2. The highest BCUT2D eigenvalue weighted by atomic mass is 16.5. The number of carbonyl (C=O) groups is 2. The quantitative estimate of drug-likeness (QED) is 0.738. The molecule has 7 heteroatoms. The Morgan fingerprint density at radius 1 is 1.14 bits per heavy atom. The zero-order chi connectivity index (χ0) is 20.7. The van der Waals surface area contributed by atoms with Crippen LogP contribution in [0.5, 0.6) is 5.75 Å². The molecule has 1 aliphatic heterocycles. The molecule has 0 saturated heterocycles. The third-order valence-corrected chi connectivity index (χ3v) is 4.98. The smallest absolute Gasteiger partial charge is 0.291 e. The molecule has 1 N–H and O–H groups in total. The largest absolute Gasteiger partial charge is 0.479 e. The first-order valence-corrected chi connectivity index (χ1v) is 9.33. The maximum absolute atomic E-state index is 12.6. The van der Waals surface area contributed by atoms with Gasteiger partial charge >= 0.3 is 0 Å². The van der Waals surface area contributed by atoms with Crippen molar-refractivity contribution in [2.45, 2.75) is 26.4 Å². The van der Waals surface area contributed by atoms with Crippen LogP contribution < -0.4 is 20.4 Å². The average molecular weight is 392 g/mol. The minimum atomic E-state index is -0.562. The minimum absolute atomic E-state index is 0.0845. The summed E-state index contributed by atoms with van der Waals surface area (Å²) in [7, 11) is 1.65. The maximum atomic E-state index is 12.6. The lowest BCUT2D eigenvalue weighted by atomic mass is 10.1. The molecule has 0 fully saturated rings. The summed E-state index contributed by atoms with van der Waals surface area (Å²) >= 11 is 0. The van der Waals surface area contributed by atoms with Crippen molar-refractivity contribution < 1.29 is 18.7 Å². The molecule has 4 rings (SSSR count). The molecule has 0 bridgehead atoms. The summed E-state index contributed by atoms with van der Waals surface area (Å²) in [5.41, 5.74) is 2.11. The predicted octanol–water partition coefficient (Wildman–Crippen LogP) is 3.35. The second kappa shape index (κ2) is 7.09. The molecule has 1 atom stereocenters. The van der Waals surface area contributed by atoms with E-state index in [1.165, 1.54) is 11.0 Å². The van der Waals surface area contributed by atoms with Gasteiger partial charge in [-0.2, -0.15) is 0 Å². The van der Waals surface area contributed by atoms with Crippen molar-refractivity contribution in [2.24, 2.45) is 0 Å². The molecule has 29 heavy (non-hydrogen) atoms. The summed E-state index contributed by atoms with van der Waals surface area (Å²) in [6.07, 6.45) is 0.239. The van der Waals surface area contributed by atoms with Crippen molar-refractivity contribution in [3.63, 3.8) is 0 Å². The van der Waals surface area contributed by atoms with E-state index in [0.717, 1.165) is 12.0 Å². The summed E-state index contributed by atoms with van der Waals surface area (Å²) in [6, 6.07) is 11.5. The van der Waals surface area contributed by atoms with Crippen molar-refractivity contribution in [1.29, 1.82) is 0 Å². The van der Waals surface area contributed by atoms with E-state index in [1.807, 2.05) is 13.0 Å². The van der Waals surface area contributed by atoms with Crippen LogP contribution in [0, 0.1) is 0 Å². The van der Waals surface area contributed by atoms with Gasteiger partial charge in [-0.15, -0.1) is 0 Å². The second-order valence-electron chi connectivity index (χ2n) is 6.95. The number of aryl methyl sites for hydroxylation is 1. The number of likely N-dealkylation sites (N-methyl/N-ethyl adjacent to an activating group) is 1. The van der Waals surface area contributed by atoms with E-state index in [0.29, 0.717) is 28.1 Å². The molecule has 0 radical (unpaired) electrons. The first-order valence-electron chi connectivity index (χ1n) is 9.33. The van der Waals surface area contributed by atoms with E-state index in [-0.39, 0.29) is 17.1 Å². The molecule has 0 spiro atoms. The molecule has 2 aromatic carbocycles. The fraction of sp³-hybridized carbons (Fsp3) is 0.227. The third-order valence-electron chi connectivity index (χ3n) is 4.98. The first-order chi connectivity index (χ1) is 13.9. The number of nitrogens with zero attached hydrogens (tertiary/aromatic N) is 1. The molecule has 0 unspecified atom stereocenters. The highest BCUT2D eigenvalue weighted by molar-refractivity contribution is 6.04. The Kier molecular flexibility index (Phi) is 4.58. The Balaban J connectivity index is 1.63. The number of amides is 2. The van der Waals surface area contributed by atoms with Gasteiger partial charge in [0.05, 0.1) is 11.1 Å². The molecule has 2 amide bonds. The number of ether oxygens (including phenoxy) is 1. The number of rotatable bonds is 3. The number of benzene rings is 2. The third kappa shape index (κ3) is 3.35. The van der Waals surface area contributed by atoms with Gasteiger partial charge < -0.3 is 19.4 Å². The van der Waals surface area contributed by atoms with Crippen LogP contribution in [0.25, 0.3) is 11.0 Å². The van der Waals surface area contributed by atoms with Gasteiger partial charge in [-0.3, -0.25) is 14.4 Å². The van der Waals surface area contributed by atoms with Crippen molar-refractivity contribution >= 4 is 34.2 Å². The lowest BCUT2D eigenvalue weighted by Gasteiger charge is -2.30. The Morgan fingerprint density at radius 3 is 2.69 bits per heavy atom. The lowest BCUT2D eigenvalue weighted by molar-refractivity contribution is -0.125. The van der Waals surface area contributed by atoms with Gasteiger partial charge in [-0.1, -0.05) is 13.0 Å². The Hall–Kier alpha value is -3.61. The topological polar surface area (TPSA) is 88.8 Å². The van der Waals surface area contributed by atoms with E-state index in [1.54, 1.807) is 44.3 Å². The van der Waals surface area contributed by atoms with Crippen LogP contribution in [0.4, 0.5) is 11.4 Å². The monoisotopic (exact) mass is 392 g/mol. The number of carbonyl (C=O) groups excluding carboxylic acids is 2. The molecule has 2 heterocycles. The zero-order valence-electron chi connectivity index (χ0n) is 16.3. The van der Waals surface area contributed by atoms with E-state index >= 15 is 0 Å². The SMILES string of the molecule is CCc1ccc2oc(C(=O)Nc3ccc4c(c3)N(C)C(=O)[C@@H](C)O4)cc(=O)c2c1. The molecule has 0 saturated carbocycles. The summed E-state index contributed by atoms with van der Waals surface area (Å²) in [4.78, 5) is 38.7. The Labute approximate surface area is 166 Å². The first kappa shape index (κ1) is 18.7. The van der Waals surface area contributed by atoms with Gasteiger partial charge in [0.1, 0.15) is 11.3 Å². The number of hydrogen-bond acceptors (Lipinski definition) is 5. The zero-order valence-corrected chi connectivity index (χ0v) is 16.3. The molecule has 7 nitrogen and oxygen atoms in total. The summed E-state index contributed by atoms with van der Waals surface area (Å²) in [6.45, 7) is 3.68. The maximum Gasteiger partial charge on any atom is 0.291 e. The highest BCUT2D eigenvalue weighted by Crippen LogP contribution is 2.35. The number of hydrogen-bond donors (Lipinski definition) is 1. The Morgan fingerprint density at radius 2 is 1.93 bits per heavy atom. The molecule has 148 valence electrons. The van der Waals surface area contributed by atoms with Gasteiger partial charge in [-0.25, -0.2) is 0 Å². The molecule has 0 aliphatic carbocycles. The van der Waals surface area contributed by atoms with Gasteiger partial charge in [0.2, 0.25) is 0 Å². The summed E-state index contributed by atoms with van der Waals surface area (Å²) < 4.78 is 11.2. The van der Waals surface area contributed by atoms with E-state index < -0.39 is 12.0 Å². The van der Waals surface area contributed by atoms with Crippen molar-refractivity contribution in [3.05, 3.63) is 64.0 Å². The van der Waals surface area contributed by atoms with Gasteiger partial charge in [0.15, 0.2) is 17.3 Å². The van der Waals surface area contributed by atoms with Crippen molar-refractivity contribution in [3.8, 4) is 5.75 Å². The van der Waals surface area contributed by atoms with Crippen LogP contribution in [0.15, 0.2) is 51.7 Å². The normalized spacial score (nSPS) is 15.8. The summed E-state index contributed by atoms with van der Waals surface area (Å²) in [5.74, 6) is -0.254. The highest BCUT2D eigenvalue weighted by Gasteiger charge is 2.29. The van der Waals surface area contributed by atoms with Crippen LogP contribution in [-0.2, 0) is 11.2 Å². The fourth-order valence-corrected chi connectivity index (χ4v) is 3.32. The number of nitrogens with one attached hydrogen (secondary N) is 1. The average Bonchev–Trinajstić information content (AvgIpc) is 2.72. The summed E-state index contributed by atoms with van der Waals surface area (Å²) in [5, 5.41) is 3.15. The van der Waals surface area contributed by atoms with Crippen molar-refractivity contribution in [1.82, 2.24) is 0 Å². The predicted molar refractivity (Wildman–Crippen MR) is 110 cm³/mol. The molecule has 1 aromatic heterocycles. The van der Waals surface area contributed by atoms with Crippen molar-refractivity contribution in [2.75, 3.05) is 17.3 Å². The number of anilines is 2. The standard InChI is InChI=1S/C22H20N2O5/c1-4-13-5-7-18-15(9-13)17(25)11-20(29-18)21(26)23-14-6-8-19-16(10-14)24(3)22(27)12(2)28-19/h5-12H,4H2,1-3H3,(H,23,26)/t12-/m1/s1. The Bertz CT molecular complexity index is 1200. The molecule has 1 aliphatic rings. The minimum Gasteiger partial charge on any atom is -0.479 e. The van der Waals surface area contributed by atoms with Gasteiger partial charge in [0, 0.05) is 18.8 Å². The lowest BCUT2D eigenvalue weighted by Crippen LogP contribution is -2.41. The van der Waals surface area contributed by atoms with Crippen LogP contribution in [0.1, 0.15) is 30.0 Å². The van der Waals surface area contributed by atoms with Crippen LogP contribution in [0.3, 0.4) is 0 Å². The molecular weight excluding hydrogens is 372 g/mol. The van der Waals surface area contributed by atoms with Crippen LogP contribution >= 0.6 is 0 Å². The fourth-order valence-electron chi connectivity index (χ4n) is 3.32.